The van der Waals surface area contributed by atoms with Crippen LogP contribution in [0, 0.1) is 0 Å². The standard InChI is InChI=1S/C15H21BrN2O3S/c16-12-6-7-15(17-10-12)21-13-8-9-18(11-13)22(19,20)14-4-2-1-3-5-14/h6-7,10,13-14H,1-5,8-9,11H2. The van der Waals surface area contributed by atoms with Gasteiger partial charge in [-0.2, -0.15) is 4.31 Å². The minimum atomic E-state index is -3.17. The van der Waals surface area contributed by atoms with E-state index >= 15 is 0 Å². The van der Waals surface area contributed by atoms with Crippen LogP contribution in [0.5, 0.6) is 5.88 Å². The molecule has 1 aliphatic heterocycles. The van der Waals surface area contributed by atoms with Gasteiger partial charge in [0, 0.05) is 23.3 Å². The molecule has 2 fully saturated rings. The van der Waals surface area contributed by atoms with E-state index in [0.717, 1.165) is 43.0 Å². The van der Waals surface area contributed by atoms with Gasteiger partial charge in [-0.25, -0.2) is 13.4 Å². The maximum Gasteiger partial charge on any atom is 0.217 e. The van der Waals surface area contributed by atoms with Crippen molar-refractivity contribution in [3.8, 4) is 5.88 Å². The van der Waals surface area contributed by atoms with E-state index in [9.17, 15) is 8.42 Å². The van der Waals surface area contributed by atoms with E-state index in [-0.39, 0.29) is 11.4 Å². The molecule has 2 aliphatic rings. The third-order valence-corrected chi connectivity index (χ3v) is 7.26. The fourth-order valence-corrected chi connectivity index (χ4v) is 5.52. The van der Waals surface area contributed by atoms with E-state index in [0.29, 0.717) is 19.0 Å². The highest BCUT2D eigenvalue weighted by Crippen LogP contribution is 2.29. The summed E-state index contributed by atoms with van der Waals surface area (Å²) in [6, 6.07) is 3.66. The van der Waals surface area contributed by atoms with Crippen molar-refractivity contribution in [2.75, 3.05) is 13.1 Å². The van der Waals surface area contributed by atoms with Crippen LogP contribution in [0.15, 0.2) is 22.8 Å². The van der Waals surface area contributed by atoms with Crippen molar-refractivity contribution < 1.29 is 13.2 Å². The molecule has 7 heteroatoms. The summed E-state index contributed by atoms with van der Waals surface area (Å²) in [6.07, 6.45) is 7.13. The van der Waals surface area contributed by atoms with Crippen LogP contribution in [0.4, 0.5) is 0 Å². The number of hydrogen-bond donors (Lipinski definition) is 0. The van der Waals surface area contributed by atoms with Crippen LogP contribution in [0.3, 0.4) is 0 Å². The Bertz CT molecular complexity index is 600. The Balaban J connectivity index is 1.60. The maximum absolute atomic E-state index is 12.7. The Kier molecular flexibility index (Phi) is 5.04. The topological polar surface area (TPSA) is 59.5 Å². The summed E-state index contributed by atoms with van der Waals surface area (Å²) < 4.78 is 33.7. The average molecular weight is 389 g/mol. The van der Waals surface area contributed by atoms with E-state index in [2.05, 4.69) is 20.9 Å². The van der Waals surface area contributed by atoms with Gasteiger partial charge in [0.05, 0.1) is 11.8 Å². The highest BCUT2D eigenvalue weighted by Gasteiger charge is 2.38. The molecule has 1 aromatic rings. The minimum absolute atomic E-state index is 0.105. The Morgan fingerprint density at radius 2 is 1.95 bits per heavy atom. The number of rotatable bonds is 4. The first kappa shape index (κ1) is 16.2. The van der Waals surface area contributed by atoms with Gasteiger partial charge in [-0.05, 0) is 41.3 Å². The second-order valence-electron chi connectivity index (χ2n) is 6.01. The van der Waals surface area contributed by atoms with Crippen molar-refractivity contribution in [2.24, 2.45) is 0 Å². The smallest absolute Gasteiger partial charge is 0.217 e. The monoisotopic (exact) mass is 388 g/mol. The molecule has 3 rings (SSSR count). The maximum atomic E-state index is 12.7. The zero-order chi connectivity index (χ0) is 15.6. The lowest BCUT2D eigenvalue weighted by Crippen LogP contribution is -2.39. The van der Waals surface area contributed by atoms with Gasteiger partial charge in [0.2, 0.25) is 15.9 Å². The molecule has 0 N–H and O–H groups in total. The van der Waals surface area contributed by atoms with Crippen molar-refractivity contribution in [3.05, 3.63) is 22.8 Å². The predicted octanol–water partition coefficient (Wildman–Crippen LogP) is 2.96. The van der Waals surface area contributed by atoms with Gasteiger partial charge >= 0.3 is 0 Å². The molecule has 1 unspecified atom stereocenters. The summed E-state index contributed by atoms with van der Waals surface area (Å²) in [5.41, 5.74) is 0. The summed E-state index contributed by atoms with van der Waals surface area (Å²) in [5.74, 6) is 0.546. The largest absolute Gasteiger partial charge is 0.473 e. The molecule has 5 nitrogen and oxygen atoms in total. The number of aromatic nitrogens is 1. The minimum Gasteiger partial charge on any atom is -0.473 e. The molecule has 2 heterocycles. The SMILES string of the molecule is O=S(=O)(C1CCCCC1)N1CCC(Oc2ccc(Br)cn2)C1. The molecule has 122 valence electrons. The number of nitrogens with zero attached hydrogens (tertiary/aromatic N) is 2. The summed E-state index contributed by atoms with van der Waals surface area (Å²) in [6.45, 7) is 0.997. The molecule has 1 aromatic heterocycles. The number of halogens is 1. The van der Waals surface area contributed by atoms with Crippen molar-refractivity contribution in [2.45, 2.75) is 49.9 Å². The van der Waals surface area contributed by atoms with Gasteiger partial charge in [0.15, 0.2) is 0 Å². The van der Waals surface area contributed by atoms with Gasteiger partial charge < -0.3 is 4.74 Å². The second kappa shape index (κ2) is 6.84. The van der Waals surface area contributed by atoms with Gasteiger partial charge in [-0.1, -0.05) is 19.3 Å². The normalized spacial score (nSPS) is 24.5. The first-order valence-corrected chi connectivity index (χ1v) is 10.1. The number of ether oxygens (including phenoxy) is 1. The highest BCUT2D eigenvalue weighted by molar-refractivity contribution is 9.10. The molecule has 0 radical (unpaired) electrons. The number of sulfonamides is 1. The van der Waals surface area contributed by atoms with Crippen molar-refractivity contribution in [1.29, 1.82) is 0 Å². The Morgan fingerprint density at radius 1 is 1.18 bits per heavy atom. The zero-order valence-corrected chi connectivity index (χ0v) is 14.9. The Labute approximate surface area is 140 Å². The lowest BCUT2D eigenvalue weighted by molar-refractivity contribution is 0.206. The summed E-state index contributed by atoms with van der Waals surface area (Å²) in [7, 11) is -3.17. The molecular weight excluding hydrogens is 368 g/mol. The molecule has 1 saturated carbocycles. The molecule has 1 aliphatic carbocycles. The Morgan fingerprint density at radius 3 is 2.64 bits per heavy atom. The lowest BCUT2D eigenvalue weighted by Gasteiger charge is -2.26. The van der Waals surface area contributed by atoms with E-state index in [1.807, 2.05) is 6.07 Å². The van der Waals surface area contributed by atoms with Crippen LogP contribution < -0.4 is 4.74 Å². The van der Waals surface area contributed by atoms with Crippen molar-refractivity contribution >= 4 is 26.0 Å². The third kappa shape index (κ3) is 3.63. The van der Waals surface area contributed by atoms with Crippen molar-refractivity contribution in [1.82, 2.24) is 9.29 Å². The van der Waals surface area contributed by atoms with Crippen LogP contribution in [-0.2, 0) is 10.0 Å². The molecule has 0 aromatic carbocycles. The van der Waals surface area contributed by atoms with E-state index in [1.54, 1.807) is 16.6 Å². The van der Waals surface area contributed by atoms with Crippen LogP contribution in [0.25, 0.3) is 0 Å². The van der Waals surface area contributed by atoms with Gasteiger partial charge in [0.1, 0.15) is 6.10 Å². The Hall–Kier alpha value is -0.660. The molecule has 0 bridgehead atoms. The van der Waals surface area contributed by atoms with Gasteiger partial charge in [-0.15, -0.1) is 0 Å². The predicted molar refractivity (Wildman–Crippen MR) is 88.3 cm³/mol. The molecule has 22 heavy (non-hydrogen) atoms. The number of pyridine rings is 1. The van der Waals surface area contributed by atoms with Gasteiger partial charge in [-0.3, -0.25) is 0 Å². The summed E-state index contributed by atoms with van der Waals surface area (Å²) in [5, 5.41) is -0.189. The quantitative estimate of drug-likeness (QED) is 0.795. The van der Waals surface area contributed by atoms with Crippen LogP contribution >= 0.6 is 15.9 Å². The van der Waals surface area contributed by atoms with Gasteiger partial charge in [0.25, 0.3) is 0 Å². The third-order valence-electron chi connectivity index (χ3n) is 4.43. The van der Waals surface area contributed by atoms with E-state index in [4.69, 9.17) is 4.74 Å². The molecule has 0 amide bonds. The van der Waals surface area contributed by atoms with Crippen LogP contribution in [0.1, 0.15) is 38.5 Å². The van der Waals surface area contributed by atoms with Crippen molar-refractivity contribution in [3.63, 3.8) is 0 Å². The van der Waals surface area contributed by atoms with E-state index in [1.165, 1.54) is 0 Å². The second-order valence-corrected chi connectivity index (χ2v) is 9.13. The summed E-state index contributed by atoms with van der Waals surface area (Å²) >= 11 is 3.33. The average Bonchev–Trinajstić information content (AvgIpc) is 3.00. The van der Waals surface area contributed by atoms with Crippen LogP contribution in [0.2, 0.25) is 0 Å². The van der Waals surface area contributed by atoms with E-state index < -0.39 is 10.0 Å². The fraction of sp³-hybridized carbons (Fsp3) is 0.667. The molecule has 1 atom stereocenters. The zero-order valence-electron chi connectivity index (χ0n) is 12.4. The molecular formula is C15H21BrN2O3S. The first-order valence-electron chi connectivity index (χ1n) is 7.83. The number of hydrogen-bond acceptors (Lipinski definition) is 4. The summed E-state index contributed by atoms with van der Waals surface area (Å²) in [4.78, 5) is 4.18. The molecule has 1 saturated heterocycles. The fourth-order valence-electron chi connectivity index (χ4n) is 3.20. The lowest BCUT2D eigenvalue weighted by atomic mass is 10.0. The van der Waals surface area contributed by atoms with Crippen LogP contribution in [-0.4, -0.2) is 42.2 Å². The highest BCUT2D eigenvalue weighted by atomic mass is 79.9. The molecule has 0 spiro atoms. The first-order chi connectivity index (χ1) is 10.6.